The topological polar surface area (TPSA) is 365 Å². The van der Waals surface area contributed by atoms with Gasteiger partial charge in [0.2, 0.25) is 0 Å². The lowest BCUT2D eigenvalue weighted by molar-refractivity contribution is -0.671. The van der Waals surface area contributed by atoms with Crippen molar-refractivity contribution in [2.45, 2.75) is 242 Å². The van der Waals surface area contributed by atoms with Crippen molar-refractivity contribution in [2.75, 3.05) is 0 Å². The fourth-order valence-corrected chi connectivity index (χ4v) is 4.34. The molecule has 0 amide bonds. The van der Waals surface area contributed by atoms with Gasteiger partial charge in [0.05, 0.1) is 47.6 Å². The highest BCUT2D eigenvalue weighted by atomic mass is 15.3. The third kappa shape index (κ3) is 106. The summed E-state index contributed by atoms with van der Waals surface area (Å²) in [6, 6.07) is 13.5. The molecule has 0 aliphatic carbocycles. The molecule has 108 heavy (non-hydrogen) atoms. The summed E-state index contributed by atoms with van der Waals surface area (Å²) in [6.45, 7) is 68.5. The molecular formula is C79H138N29+. The van der Waals surface area contributed by atoms with Gasteiger partial charge in [0.1, 0.15) is 62.5 Å². The second-order valence-corrected chi connectivity index (χ2v) is 16.6. The van der Waals surface area contributed by atoms with Gasteiger partial charge in [-0.2, -0.15) is 35.7 Å². The average Bonchev–Trinajstić information content (AvgIpc) is 0.963. The molecule has 0 aromatic carbocycles. The Labute approximate surface area is 652 Å². The molecule has 29 nitrogen and oxygen atoms in total. The molecule has 0 aliphatic rings. The van der Waals surface area contributed by atoms with E-state index in [0.29, 0.717) is 17.5 Å². The molecule has 12 aromatic rings. The van der Waals surface area contributed by atoms with Crippen LogP contribution in [0.1, 0.15) is 227 Å². The Morgan fingerprint density at radius 2 is 0.657 bits per heavy atom. The number of rotatable bonds is 0. The summed E-state index contributed by atoms with van der Waals surface area (Å²) in [5.41, 5.74) is 8.23. The fourth-order valence-electron chi connectivity index (χ4n) is 4.34. The lowest BCUT2D eigenvalue weighted by atomic mass is 10.3. The van der Waals surface area contributed by atoms with Crippen LogP contribution in [0.2, 0.25) is 0 Å². The van der Waals surface area contributed by atoms with Gasteiger partial charge in [0.25, 0.3) is 0 Å². The Morgan fingerprint density at radius 3 is 0.889 bits per heavy atom. The zero-order valence-corrected chi connectivity index (χ0v) is 72.8. The van der Waals surface area contributed by atoms with E-state index < -0.39 is 0 Å². The van der Waals surface area contributed by atoms with Crippen LogP contribution >= 0.6 is 0 Å². The van der Waals surface area contributed by atoms with Crippen molar-refractivity contribution >= 4 is 0 Å². The number of aryl methyl sites for hydroxylation is 14. The first kappa shape index (κ1) is 120. The van der Waals surface area contributed by atoms with E-state index in [1.165, 1.54) is 43.5 Å². The minimum atomic E-state index is 0.607. The highest BCUT2D eigenvalue weighted by Gasteiger charge is 1.88. The Balaban J connectivity index is -0.000000103. The molecule has 0 unspecified atom stereocenters. The van der Waals surface area contributed by atoms with Crippen LogP contribution < -0.4 is 4.57 Å². The van der Waals surface area contributed by atoms with Crippen LogP contribution in [0.3, 0.4) is 0 Å². The maximum atomic E-state index is 3.92. The molecule has 0 N–H and O–H groups in total. The predicted molar refractivity (Wildman–Crippen MR) is 443 cm³/mol. The lowest BCUT2D eigenvalue weighted by Gasteiger charge is -1.85. The highest BCUT2D eigenvalue weighted by molar-refractivity contribution is 5.03. The van der Waals surface area contributed by atoms with Crippen LogP contribution in [0, 0.1) is 90.0 Å². The van der Waals surface area contributed by atoms with Crippen LogP contribution in [-0.4, -0.2) is 141 Å². The van der Waals surface area contributed by atoms with E-state index in [-0.39, 0.29) is 0 Å². The maximum Gasteiger partial charge on any atom is 0.170 e. The molecule has 0 aliphatic heterocycles. The second kappa shape index (κ2) is 109. The molecule has 0 radical (unpaired) electrons. The van der Waals surface area contributed by atoms with E-state index in [9.17, 15) is 0 Å². The number of aromatic nitrogens is 29. The maximum absolute atomic E-state index is 3.92. The van der Waals surface area contributed by atoms with Crippen LogP contribution in [0.5, 0.6) is 0 Å². The highest BCUT2D eigenvalue weighted by Crippen LogP contribution is 1.89. The summed E-state index contributed by atoms with van der Waals surface area (Å²) in [5.74, 6) is 3.51. The number of nitrogens with zero attached hydrogens (tertiary/aromatic N) is 29. The van der Waals surface area contributed by atoms with Crippen molar-refractivity contribution in [1.82, 2.24) is 141 Å². The predicted octanol–water partition coefficient (Wildman–Crippen LogP) is 17.4. The molecule has 0 fully saturated rings. The van der Waals surface area contributed by atoms with Gasteiger partial charge in [-0.25, -0.2) is 64.4 Å². The van der Waals surface area contributed by atoms with Gasteiger partial charge in [-0.1, -0.05) is 152 Å². The van der Waals surface area contributed by atoms with Crippen LogP contribution in [0.25, 0.3) is 0 Å². The summed E-state index contributed by atoms with van der Waals surface area (Å²) >= 11 is 0. The van der Waals surface area contributed by atoms with E-state index >= 15 is 0 Å². The van der Waals surface area contributed by atoms with E-state index in [1.54, 1.807) is 120 Å². The Morgan fingerprint density at radius 1 is 0.204 bits per heavy atom. The average molecular weight is 1490 g/mol. The first-order chi connectivity index (χ1) is 52.5. The van der Waals surface area contributed by atoms with Gasteiger partial charge < -0.3 is 0 Å². The largest absolute Gasteiger partial charge is 0.261 e. The molecule has 0 saturated carbocycles. The monoisotopic (exact) mass is 1490 g/mol. The summed E-state index contributed by atoms with van der Waals surface area (Å²) in [4.78, 5) is 53.1. The van der Waals surface area contributed by atoms with Crippen molar-refractivity contribution in [3.8, 4) is 0 Å². The van der Waals surface area contributed by atoms with Gasteiger partial charge in [-0.15, -0.1) is 35.7 Å². The van der Waals surface area contributed by atoms with Crippen LogP contribution in [0.4, 0.5) is 0 Å². The third-order valence-corrected chi connectivity index (χ3v) is 8.51. The van der Waals surface area contributed by atoms with Crippen molar-refractivity contribution in [3.63, 3.8) is 0 Å². The van der Waals surface area contributed by atoms with Crippen molar-refractivity contribution in [2.24, 2.45) is 7.05 Å². The van der Waals surface area contributed by atoms with Gasteiger partial charge in [-0.05, 0) is 137 Å². The molecule has 12 aromatic heterocycles. The van der Waals surface area contributed by atoms with E-state index in [1.807, 2.05) is 263 Å². The third-order valence-electron chi connectivity index (χ3n) is 8.51. The van der Waals surface area contributed by atoms with Gasteiger partial charge in [0.15, 0.2) is 24.0 Å². The summed E-state index contributed by atoms with van der Waals surface area (Å²) in [6.07, 6.45) is 38.2. The molecule has 12 heterocycles. The summed E-state index contributed by atoms with van der Waals surface area (Å²) in [7, 11) is 2.01. The first-order valence-electron chi connectivity index (χ1n) is 36.7. The Kier molecular flexibility index (Phi) is 122. The molecule has 0 saturated heterocycles. The van der Waals surface area contributed by atoms with E-state index in [0.717, 1.165) is 51.2 Å². The fraction of sp³-hybridized carbons (Fsp3) is 0.456. The normalized spacial score (nSPS) is 7.63. The first-order valence-corrected chi connectivity index (χ1v) is 36.7. The number of hydrogen-bond donors (Lipinski definition) is 0. The Bertz CT molecular complexity index is 2660. The second-order valence-electron chi connectivity index (χ2n) is 16.6. The standard InChI is InChI=1S/C7H10N.6C5H6N2.C4H6N4.4C4H5N3.11C2H6/c1-7-3-5-8(2)6-4-7;1-5-2-6-4-7-3-5;1-5-4-6-2-3-7-5;1-5-2-3-6-4-7-5;1-5-2-3-6-7-4-5;1-5-6-3-2-4-7-5;1-5-3-2-4-6-7-5;1-3-5-7-4(2)8-6-3;1-4-6-2-5-3-7-4;1-4-2-6-7-3-5-4;1-4-2-5-3-6-7-4;1-4-5-2-3-6-7-4;11*1-2/h3-6H,1-2H3;6*2-4H,1H3;1-2H3;4*2-3H,1H3;11*1-2H3/q+1;;;;;;;;;;;;;;;;;;;;;;. The van der Waals surface area contributed by atoms with Crippen LogP contribution in [0.15, 0.2) is 186 Å². The zero-order chi connectivity index (χ0) is 85.1. The number of hydrogen-bond acceptors (Lipinski definition) is 28. The number of pyridine rings is 1. The minimum absolute atomic E-state index is 0.607. The lowest BCUT2D eigenvalue weighted by Crippen LogP contribution is -2.25. The zero-order valence-electron chi connectivity index (χ0n) is 72.8. The molecule has 12 rings (SSSR count). The smallest absolute Gasteiger partial charge is 0.170 e. The molecule has 29 heteroatoms. The van der Waals surface area contributed by atoms with E-state index in [2.05, 4.69) is 160 Å². The minimum Gasteiger partial charge on any atom is -0.261 e. The quantitative estimate of drug-likeness (QED) is 0.127. The Hall–Kier alpha value is -11.4. The van der Waals surface area contributed by atoms with Gasteiger partial charge >= 0.3 is 0 Å². The summed E-state index contributed by atoms with van der Waals surface area (Å²) in [5, 5.41) is 50.6. The molecule has 598 valence electrons. The van der Waals surface area contributed by atoms with Crippen molar-refractivity contribution in [1.29, 1.82) is 0 Å². The molecular weight excluding hydrogens is 1360 g/mol. The van der Waals surface area contributed by atoms with E-state index in [4.69, 9.17) is 0 Å². The summed E-state index contributed by atoms with van der Waals surface area (Å²) < 4.78 is 2.02. The molecule has 0 bridgehead atoms. The molecule has 0 atom stereocenters. The van der Waals surface area contributed by atoms with Crippen molar-refractivity contribution < 1.29 is 4.57 Å². The van der Waals surface area contributed by atoms with Gasteiger partial charge in [-0.3, -0.25) is 9.97 Å². The SMILES string of the molecule is CC.CC.CC.CC.CC.CC.CC.CC.CC.CC.CC.Cc1cc[n+](C)cc1.Cc1cccnn1.Cc1ccncn1.Cc1ccnnc1.Cc1cnccn1.Cc1cncnc1.Cc1cncnn1.Cc1cnncn1.Cc1ncccn1.Cc1nccnn1.Cc1ncncn1.Cc1nnc(C)nn1. The van der Waals surface area contributed by atoms with Crippen molar-refractivity contribution in [3.05, 3.63) is 260 Å². The van der Waals surface area contributed by atoms with Gasteiger partial charge in [0, 0.05) is 86.0 Å². The van der Waals surface area contributed by atoms with Crippen LogP contribution in [-0.2, 0) is 7.05 Å². The molecule has 0 spiro atoms.